The first-order chi connectivity index (χ1) is 9.29. The Hall–Kier alpha value is -0.830. The van der Waals surface area contributed by atoms with E-state index >= 15 is 0 Å². The highest BCUT2D eigenvalue weighted by Gasteiger charge is 2.53. The summed E-state index contributed by atoms with van der Waals surface area (Å²) < 4.78 is 10.6. The molecule has 0 aromatic rings. The van der Waals surface area contributed by atoms with Gasteiger partial charge in [-0.2, -0.15) is 0 Å². The van der Waals surface area contributed by atoms with Crippen molar-refractivity contribution < 1.29 is 14.3 Å². The number of hydrogen-bond acceptors (Lipinski definition) is 3. The van der Waals surface area contributed by atoms with Gasteiger partial charge in [-0.25, -0.2) is 4.79 Å². The van der Waals surface area contributed by atoms with Crippen LogP contribution in [0.5, 0.6) is 0 Å². The minimum atomic E-state index is -0.364. The Morgan fingerprint density at radius 2 is 2.00 bits per heavy atom. The van der Waals surface area contributed by atoms with Gasteiger partial charge in [0.2, 0.25) is 0 Å². The monoisotopic (exact) mass is 264 g/mol. The molecule has 0 N–H and O–H groups in total. The molecule has 19 heavy (non-hydrogen) atoms. The van der Waals surface area contributed by atoms with Crippen molar-refractivity contribution in [1.29, 1.82) is 0 Å². The highest BCUT2D eigenvalue weighted by Crippen LogP contribution is 2.60. The van der Waals surface area contributed by atoms with E-state index in [1.807, 2.05) is 0 Å². The Balaban J connectivity index is 1.36. The van der Waals surface area contributed by atoms with Crippen molar-refractivity contribution in [3.8, 4) is 0 Å². The van der Waals surface area contributed by atoms with Gasteiger partial charge in [0.25, 0.3) is 0 Å². The summed E-state index contributed by atoms with van der Waals surface area (Å²) in [6, 6.07) is 0. The quantitative estimate of drug-likeness (QED) is 0.420. The van der Waals surface area contributed by atoms with E-state index in [0.29, 0.717) is 13.2 Å². The van der Waals surface area contributed by atoms with E-state index < -0.39 is 0 Å². The van der Waals surface area contributed by atoms with Crippen LogP contribution in [0.15, 0.2) is 12.7 Å². The van der Waals surface area contributed by atoms with E-state index in [2.05, 4.69) is 6.58 Å². The van der Waals surface area contributed by atoms with Gasteiger partial charge in [-0.05, 0) is 55.3 Å². The lowest BCUT2D eigenvalue weighted by Crippen LogP contribution is -2.27. The van der Waals surface area contributed by atoms with E-state index in [9.17, 15) is 4.79 Å². The second kappa shape index (κ2) is 5.66. The molecule has 0 spiro atoms. The molecule has 0 aromatic carbocycles. The lowest BCUT2D eigenvalue weighted by atomic mass is 9.76. The fraction of sp³-hybridized carbons (Fsp3) is 0.812. The summed E-state index contributed by atoms with van der Waals surface area (Å²) in [4.78, 5) is 10.9. The summed E-state index contributed by atoms with van der Waals surface area (Å²) in [5.41, 5.74) is 0. The second-order valence-electron chi connectivity index (χ2n) is 6.36. The van der Waals surface area contributed by atoms with Gasteiger partial charge in [0.15, 0.2) is 0 Å². The van der Waals surface area contributed by atoms with Crippen LogP contribution in [0.2, 0.25) is 0 Å². The molecular formula is C16H24O3. The molecule has 3 heteroatoms. The average Bonchev–Trinajstić information content (AvgIpc) is 3.09. The molecule has 3 aliphatic carbocycles. The fourth-order valence-corrected chi connectivity index (χ4v) is 4.90. The number of esters is 1. The molecule has 3 rings (SSSR count). The largest absolute Gasteiger partial charge is 0.460 e. The van der Waals surface area contributed by atoms with Crippen molar-refractivity contribution in [3.05, 3.63) is 12.7 Å². The first-order valence-electron chi connectivity index (χ1n) is 7.66. The molecule has 0 saturated heterocycles. The van der Waals surface area contributed by atoms with Gasteiger partial charge in [-0.3, -0.25) is 0 Å². The standard InChI is InChI=1S/C16H24O3/c1-2-16(17)19-7-6-18-10-12-8-11-9-15(12)14-5-3-4-13(11)14/h2,11-15H,1,3-10H2. The Bertz CT molecular complexity index is 352. The van der Waals surface area contributed by atoms with Crippen molar-refractivity contribution in [2.75, 3.05) is 19.8 Å². The number of ether oxygens (including phenoxy) is 2. The number of rotatable bonds is 6. The van der Waals surface area contributed by atoms with Crippen LogP contribution in [0.4, 0.5) is 0 Å². The minimum Gasteiger partial charge on any atom is -0.460 e. The van der Waals surface area contributed by atoms with Crippen LogP contribution in [-0.2, 0) is 14.3 Å². The molecule has 0 radical (unpaired) electrons. The van der Waals surface area contributed by atoms with Crippen molar-refractivity contribution in [2.45, 2.75) is 32.1 Å². The molecule has 0 heterocycles. The van der Waals surface area contributed by atoms with Crippen LogP contribution in [-0.4, -0.2) is 25.8 Å². The third-order valence-corrected chi connectivity index (χ3v) is 5.54. The topological polar surface area (TPSA) is 35.5 Å². The molecule has 3 aliphatic rings. The van der Waals surface area contributed by atoms with Crippen LogP contribution in [0.1, 0.15) is 32.1 Å². The minimum absolute atomic E-state index is 0.345. The summed E-state index contributed by atoms with van der Waals surface area (Å²) in [7, 11) is 0. The van der Waals surface area contributed by atoms with Crippen LogP contribution >= 0.6 is 0 Å². The van der Waals surface area contributed by atoms with Gasteiger partial charge in [0.1, 0.15) is 6.61 Å². The maximum absolute atomic E-state index is 10.9. The van der Waals surface area contributed by atoms with Gasteiger partial charge in [-0.15, -0.1) is 0 Å². The average molecular weight is 264 g/mol. The number of carbonyl (C=O) groups is 1. The SMILES string of the molecule is C=CC(=O)OCCOCC1CC2CC1C1CCCC21. The molecule has 2 bridgehead atoms. The van der Waals surface area contributed by atoms with Gasteiger partial charge in [-0.1, -0.05) is 13.0 Å². The summed E-state index contributed by atoms with van der Waals surface area (Å²) in [6.45, 7) is 5.08. The summed E-state index contributed by atoms with van der Waals surface area (Å²) >= 11 is 0. The Morgan fingerprint density at radius 3 is 2.84 bits per heavy atom. The van der Waals surface area contributed by atoms with E-state index in [-0.39, 0.29) is 5.97 Å². The lowest BCUT2D eigenvalue weighted by Gasteiger charge is -2.31. The zero-order valence-corrected chi connectivity index (χ0v) is 11.6. The zero-order valence-electron chi connectivity index (χ0n) is 11.6. The van der Waals surface area contributed by atoms with E-state index in [1.54, 1.807) is 0 Å². The predicted octanol–water partition coefficient (Wildman–Crippen LogP) is 2.80. The van der Waals surface area contributed by atoms with Crippen molar-refractivity contribution in [2.24, 2.45) is 29.6 Å². The fourth-order valence-electron chi connectivity index (χ4n) is 4.90. The summed E-state index contributed by atoms with van der Waals surface area (Å²) in [6.07, 6.45) is 8.41. The van der Waals surface area contributed by atoms with Crippen LogP contribution in [0.25, 0.3) is 0 Å². The predicted molar refractivity (Wildman–Crippen MR) is 72.5 cm³/mol. The first-order valence-corrected chi connectivity index (χ1v) is 7.66. The van der Waals surface area contributed by atoms with Crippen molar-refractivity contribution in [3.63, 3.8) is 0 Å². The molecular weight excluding hydrogens is 240 g/mol. The first kappa shape index (κ1) is 13.2. The maximum Gasteiger partial charge on any atom is 0.330 e. The number of fused-ring (bicyclic) bond motifs is 5. The molecule has 5 unspecified atom stereocenters. The van der Waals surface area contributed by atoms with Gasteiger partial charge in [0, 0.05) is 12.7 Å². The Labute approximate surface area is 115 Å². The second-order valence-corrected chi connectivity index (χ2v) is 6.36. The smallest absolute Gasteiger partial charge is 0.330 e. The zero-order chi connectivity index (χ0) is 13.2. The highest BCUT2D eigenvalue weighted by molar-refractivity contribution is 5.81. The van der Waals surface area contributed by atoms with Gasteiger partial charge in [0.05, 0.1) is 6.61 Å². The molecule has 0 amide bonds. The van der Waals surface area contributed by atoms with Gasteiger partial charge < -0.3 is 9.47 Å². The molecule has 0 aromatic heterocycles. The summed E-state index contributed by atoms with van der Waals surface area (Å²) in [5.74, 6) is 4.37. The van der Waals surface area contributed by atoms with E-state index in [1.165, 1.54) is 38.2 Å². The normalized spacial score (nSPS) is 39.3. The molecule has 3 saturated carbocycles. The van der Waals surface area contributed by atoms with E-state index in [0.717, 1.165) is 36.2 Å². The van der Waals surface area contributed by atoms with Crippen molar-refractivity contribution in [1.82, 2.24) is 0 Å². The summed E-state index contributed by atoms with van der Waals surface area (Å²) in [5, 5.41) is 0. The number of carbonyl (C=O) groups excluding carboxylic acids is 1. The lowest BCUT2D eigenvalue weighted by molar-refractivity contribution is -0.139. The van der Waals surface area contributed by atoms with Crippen LogP contribution < -0.4 is 0 Å². The van der Waals surface area contributed by atoms with Crippen LogP contribution in [0, 0.1) is 29.6 Å². The molecule has 106 valence electrons. The maximum atomic E-state index is 10.9. The molecule has 5 atom stereocenters. The Morgan fingerprint density at radius 1 is 1.16 bits per heavy atom. The third-order valence-electron chi connectivity index (χ3n) is 5.54. The molecule has 3 nitrogen and oxygen atoms in total. The van der Waals surface area contributed by atoms with E-state index in [4.69, 9.17) is 9.47 Å². The Kier molecular flexibility index (Phi) is 3.92. The van der Waals surface area contributed by atoms with Crippen LogP contribution in [0.3, 0.4) is 0 Å². The highest BCUT2D eigenvalue weighted by atomic mass is 16.6. The molecule has 3 fully saturated rings. The van der Waals surface area contributed by atoms with Crippen molar-refractivity contribution >= 4 is 5.97 Å². The third kappa shape index (κ3) is 2.58. The molecule has 0 aliphatic heterocycles. The number of hydrogen-bond donors (Lipinski definition) is 0. The van der Waals surface area contributed by atoms with Gasteiger partial charge >= 0.3 is 5.97 Å².